The molecular weight excluding hydrogens is 300 g/mol. The molecule has 118 valence electrons. The molecule has 1 aromatic heterocycles. The van der Waals surface area contributed by atoms with Gasteiger partial charge in [-0.2, -0.15) is 0 Å². The minimum atomic E-state index is -0.117. The Morgan fingerprint density at radius 3 is 2.42 bits per heavy atom. The molecule has 0 unspecified atom stereocenters. The van der Waals surface area contributed by atoms with Gasteiger partial charge in [0, 0.05) is 6.42 Å². The molecule has 4 nitrogen and oxygen atoms in total. The topological polar surface area (TPSA) is 59.9 Å². The highest BCUT2D eigenvalue weighted by molar-refractivity contribution is 5.96. The molecule has 3 aromatic rings. The number of rotatable bonds is 5. The highest BCUT2D eigenvalue weighted by atomic mass is 16.1. The van der Waals surface area contributed by atoms with E-state index in [9.17, 15) is 9.59 Å². The van der Waals surface area contributed by atoms with Crippen molar-refractivity contribution in [3.8, 4) is 11.1 Å². The molecule has 3 rings (SSSR count). The quantitative estimate of drug-likeness (QED) is 0.532. The monoisotopic (exact) mass is 316 g/mol. The van der Waals surface area contributed by atoms with Crippen LogP contribution in [0.2, 0.25) is 0 Å². The van der Waals surface area contributed by atoms with Crippen LogP contribution in [0.3, 0.4) is 0 Å². The van der Waals surface area contributed by atoms with E-state index in [0.29, 0.717) is 6.29 Å². The van der Waals surface area contributed by atoms with Crippen LogP contribution in [0.5, 0.6) is 0 Å². The average Bonchev–Trinajstić information content (AvgIpc) is 2.64. The van der Waals surface area contributed by atoms with Crippen molar-refractivity contribution in [2.45, 2.75) is 13.3 Å². The zero-order valence-corrected chi connectivity index (χ0v) is 13.3. The molecule has 2 aromatic carbocycles. The number of hydrogen-bond donors (Lipinski definition) is 0. The molecule has 0 aliphatic rings. The Morgan fingerprint density at radius 1 is 0.958 bits per heavy atom. The van der Waals surface area contributed by atoms with E-state index < -0.39 is 0 Å². The van der Waals surface area contributed by atoms with Gasteiger partial charge >= 0.3 is 0 Å². The molecule has 0 saturated carbocycles. The van der Waals surface area contributed by atoms with Crippen LogP contribution in [0.25, 0.3) is 11.1 Å². The predicted molar refractivity (Wildman–Crippen MR) is 92.1 cm³/mol. The molecule has 1 heterocycles. The van der Waals surface area contributed by atoms with Crippen LogP contribution in [0.1, 0.15) is 32.1 Å². The number of carbonyl (C=O) groups excluding carboxylic acids is 2. The summed E-state index contributed by atoms with van der Waals surface area (Å²) in [5.41, 5.74) is 4.76. The normalized spacial score (nSPS) is 10.4. The number of carbonyl (C=O) groups is 2. The summed E-state index contributed by atoms with van der Waals surface area (Å²) in [4.78, 5) is 23.0. The second-order valence-electron chi connectivity index (χ2n) is 5.52. The third-order valence-electron chi connectivity index (χ3n) is 3.97. The fourth-order valence-electron chi connectivity index (χ4n) is 2.62. The standard InChI is InChI=1S/C20H16N2O2/c1-14-16(8-5-9-18(14)15-6-3-2-4-7-15)12-20(24)19-11-10-17(13-23)21-22-19/h2-11,13H,12H2,1H3. The van der Waals surface area contributed by atoms with Crippen molar-refractivity contribution in [3.63, 3.8) is 0 Å². The molecule has 0 atom stereocenters. The van der Waals surface area contributed by atoms with Gasteiger partial charge in [0.15, 0.2) is 12.1 Å². The molecule has 24 heavy (non-hydrogen) atoms. The summed E-state index contributed by atoms with van der Waals surface area (Å²) >= 11 is 0. The van der Waals surface area contributed by atoms with Gasteiger partial charge in [-0.3, -0.25) is 9.59 Å². The van der Waals surface area contributed by atoms with Gasteiger partial charge in [0.05, 0.1) is 0 Å². The molecule has 0 amide bonds. The summed E-state index contributed by atoms with van der Waals surface area (Å²) in [5.74, 6) is -0.117. The third-order valence-corrected chi connectivity index (χ3v) is 3.97. The van der Waals surface area contributed by atoms with E-state index in [1.165, 1.54) is 12.1 Å². The summed E-state index contributed by atoms with van der Waals surface area (Å²) < 4.78 is 0. The van der Waals surface area contributed by atoms with Gasteiger partial charge in [0.1, 0.15) is 11.4 Å². The van der Waals surface area contributed by atoms with Crippen LogP contribution < -0.4 is 0 Å². The SMILES string of the molecule is Cc1c(CC(=O)c2ccc(C=O)nn2)cccc1-c1ccccc1. The second kappa shape index (κ2) is 6.96. The average molecular weight is 316 g/mol. The lowest BCUT2D eigenvalue weighted by Crippen LogP contribution is -2.09. The molecule has 4 heteroatoms. The van der Waals surface area contributed by atoms with Crippen molar-refractivity contribution < 1.29 is 9.59 Å². The molecule has 0 spiro atoms. The smallest absolute Gasteiger partial charge is 0.187 e. The Hall–Kier alpha value is -3.14. The first-order valence-electron chi connectivity index (χ1n) is 7.65. The van der Waals surface area contributed by atoms with Crippen molar-refractivity contribution in [1.29, 1.82) is 0 Å². The van der Waals surface area contributed by atoms with E-state index in [2.05, 4.69) is 28.4 Å². The molecule has 0 aliphatic carbocycles. The van der Waals surface area contributed by atoms with Crippen LogP contribution in [-0.2, 0) is 6.42 Å². The third kappa shape index (κ3) is 3.27. The first-order valence-corrected chi connectivity index (χ1v) is 7.65. The Balaban J connectivity index is 1.87. The second-order valence-corrected chi connectivity index (χ2v) is 5.52. The van der Waals surface area contributed by atoms with Gasteiger partial charge in [-0.15, -0.1) is 10.2 Å². The van der Waals surface area contributed by atoms with Crippen molar-refractivity contribution in [1.82, 2.24) is 10.2 Å². The lowest BCUT2D eigenvalue weighted by atomic mass is 9.93. The summed E-state index contributed by atoms with van der Waals surface area (Å²) in [6.45, 7) is 2.02. The summed E-state index contributed by atoms with van der Waals surface area (Å²) in [6, 6.07) is 19.1. The fourth-order valence-corrected chi connectivity index (χ4v) is 2.62. The fraction of sp³-hybridized carbons (Fsp3) is 0.100. The van der Waals surface area contributed by atoms with E-state index in [-0.39, 0.29) is 23.6 Å². The largest absolute Gasteiger partial charge is 0.296 e. The van der Waals surface area contributed by atoms with Gasteiger partial charge in [-0.05, 0) is 41.3 Å². The highest BCUT2D eigenvalue weighted by Crippen LogP contribution is 2.26. The molecule has 0 aliphatic heterocycles. The Kier molecular flexibility index (Phi) is 4.57. The lowest BCUT2D eigenvalue weighted by Gasteiger charge is -2.11. The van der Waals surface area contributed by atoms with Crippen molar-refractivity contribution >= 4 is 12.1 Å². The maximum absolute atomic E-state index is 12.4. The number of hydrogen-bond acceptors (Lipinski definition) is 4. The first kappa shape index (κ1) is 15.7. The maximum atomic E-state index is 12.4. The van der Waals surface area contributed by atoms with Crippen molar-refractivity contribution in [3.05, 3.63) is 83.2 Å². The number of nitrogens with zero attached hydrogens (tertiary/aromatic N) is 2. The Morgan fingerprint density at radius 2 is 1.75 bits per heavy atom. The van der Waals surface area contributed by atoms with E-state index >= 15 is 0 Å². The van der Waals surface area contributed by atoms with Crippen LogP contribution in [0.15, 0.2) is 60.7 Å². The molecule has 0 saturated heterocycles. The van der Waals surface area contributed by atoms with E-state index in [1.807, 2.05) is 37.3 Å². The van der Waals surface area contributed by atoms with Crippen LogP contribution in [0.4, 0.5) is 0 Å². The van der Waals surface area contributed by atoms with Gasteiger partial charge in [0.2, 0.25) is 0 Å². The lowest BCUT2D eigenvalue weighted by molar-refractivity contribution is 0.0985. The predicted octanol–water partition coefficient (Wildman–Crippen LogP) is 3.69. The Bertz CT molecular complexity index is 872. The molecular formula is C20H16N2O2. The number of Topliss-reactive ketones (excluding diaryl/α,β-unsaturated/α-hetero) is 1. The van der Waals surface area contributed by atoms with Gasteiger partial charge < -0.3 is 0 Å². The van der Waals surface area contributed by atoms with Gasteiger partial charge in [0.25, 0.3) is 0 Å². The Labute approximate surface area is 140 Å². The van der Waals surface area contributed by atoms with E-state index in [1.54, 1.807) is 0 Å². The van der Waals surface area contributed by atoms with Gasteiger partial charge in [-0.1, -0.05) is 48.5 Å². The number of ketones is 1. The zero-order valence-electron chi connectivity index (χ0n) is 13.3. The number of aromatic nitrogens is 2. The van der Waals surface area contributed by atoms with Gasteiger partial charge in [-0.25, -0.2) is 0 Å². The van der Waals surface area contributed by atoms with Crippen LogP contribution in [-0.4, -0.2) is 22.3 Å². The maximum Gasteiger partial charge on any atom is 0.187 e. The summed E-state index contributed by atoms with van der Waals surface area (Å²) in [6.07, 6.45) is 0.857. The number of aldehydes is 1. The molecule has 0 fully saturated rings. The van der Waals surface area contributed by atoms with Crippen molar-refractivity contribution in [2.75, 3.05) is 0 Å². The van der Waals surface area contributed by atoms with E-state index in [0.717, 1.165) is 22.3 Å². The molecule has 0 radical (unpaired) electrons. The van der Waals surface area contributed by atoms with Crippen LogP contribution in [0, 0.1) is 6.92 Å². The summed E-state index contributed by atoms with van der Waals surface area (Å²) in [7, 11) is 0. The van der Waals surface area contributed by atoms with E-state index in [4.69, 9.17) is 0 Å². The van der Waals surface area contributed by atoms with Crippen molar-refractivity contribution in [2.24, 2.45) is 0 Å². The summed E-state index contributed by atoms with van der Waals surface area (Å²) in [5, 5.41) is 7.53. The molecule has 0 N–H and O–H groups in total. The number of benzene rings is 2. The minimum absolute atomic E-state index is 0.117. The minimum Gasteiger partial charge on any atom is -0.296 e. The van der Waals surface area contributed by atoms with Crippen LogP contribution >= 0.6 is 0 Å². The highest BCUT2D eigenvalue weighted by Gasteiger charge is 2.13. The molecule has 0 bridgehead atoms. The zero-order chi connectivity index (χ0) is 16.9. The first-order chi connectivity index (χ1) is 11.7.